The van der Waals surface area contributed by atoms with E-state index >= 15 is 0 Å². The van der Waals surface area contributed by atoms with E-state index in [0.717, 1.165) is 11.1 Å². The zero-order valence-electron chi connectivity index (χ0n) is 16.5. The van der Waals surface area contributed by atoms with Crippen LogP contribution in [0.2, 0.25) is 25.2 Å². The molecule has 4 rings (SSSR count). The number of ether oxygens (including phenoxy) is 2. The lowest BCUT2D eigenvalue weighted by molar-refractivity contribution is 0.0119. The Morgan fingerprint density at radius 3 is 2.04 bits per heavy atom. The van der Waals surface area contributed by atoms with E-state index in [1.807, 2.05) is 24.3 Å². The maximum Gasteiger partial charge on any atom is 0.129 e. The number of fused-ring (bicyclic) bond motifs is 3. The number of methoxy groups -OCH3 is 2. The van der Waals surface area contributed by atoms with Crippen LogP contribution < -0.4 is 9.47 Å². The van der Waals surface area contributed by atoms with Crippen LogP contribution in [0.25, 0.3) is 0 Å². The van der Waals surface area contributed by atoms with E-state index < -0.39 is 13.7 Å². The SMILES string of the molecule is COc1cccc(OC)c1[C@@]1(O)c2ccccc2[C@@H]2[C@@H]([Si](C)(C)C)[C@@]21C. The monoisotopic (exact) mass is 368 g/mol. The van der Waals surface area contributed by atoms with Crippen LogP contribution in [-0.4, -0.2) is 27.4 Å². The van der Waals surface area contributed by atoms with Gasteiger partial charge >= 0.3 is 0 Å². The normalized spacial score (nSPS) is 32.0. The lowest BCUT2D eigenvalue weighted by Crippen LogP contribution is -2.39. The van der Waals surface area contributed by atoms with Crippen molar-refractivity contribution in [1.82, 2.24) is 0 Å². The molecule has 0 heterocycles. The summed E-state index contributed by atoms with van der Waals surface area (Å²) in [6.45, 7) is 9.48. The maximum atomic E-state index is 12.4. The van der Waals surface area contributed by atoms with E-state index in [9.17, 15) is 5.11 Å². The van der Waals surface area contributed by atoms with Crippen molar-refractivity contribution >= 4 is 8.07 Å². The van der Waals surface area contributed by atoms with E-state index in [4.69, 9.17) is 9.47 Å². The number of aliphatic hydroxyl groups is 1. The van der Waals surface area contributed by atoms with Crippen LogP contribution in [0, 0.1) is 5.41 Å². The molecule has 0 amide bonds. The summed E-state index contributed by atoms with van der Waals surface area (Å²) in [5, 5.41) is 12.4. The highest BCUT2D eigenvalue weighted by molar-refractivity contribution is 6.79. The van der Waals surface area contributed by atoms with Gasteiger partial charge in [-0.25, -0.2) is 0 Å². The van der Waals surface area contributed by atoms with Crippen molar-refractivity contribution in [2.24, 2.45) is 5.41 Å². The lowest BCUT2D eigenvalue weighted by Gasteiger charge is -2.38. The molecule has 4 atom stereocenters. The van der Waals surface area contributed by atoms with Crippen molar-refractivity contribution in [2.75, 3.05) is 14.2 Å². The van der Waals surface area contributed by atoms with Crippen LogP contribution in [0.3, 0.4) is 0 Å². The number of hydrogen-bond acceptors (Lipinski definition) is 3. The quantitative estimate of drug-likeness (QED) is 0.791. The van der Waals surface area contributed by atoms with E-state index in [-0.39, 0.29) is 5.41 Å². The minimum absolute atomic E-state index is 0.233. The Balaban J connectivity index is 2.04. The summed E-state index contributed by atoms with van der Waals surface area (Å²) in [5.41, 5.74) is 2.23. The first kappa shape index (κ1) is 17.6. The predicted octanol–water partition coefficient (Wildman–Crippen LogP) is 4.77. The molecule has 0 saturated heterocycles. The average molecular weight is 369 g/mol. The fraction of sp³-hybridized carbons (Fsp3) is 0.455. The van der Waals surface area contributed by atoms with E-state index in [0.29, 0.717) is 23.0 Å². The summed E-state index contributed by atoms with van der Waals surface area (Å²) in [7, 11) is 1.84. The number of benzene rings is 2. The summed E-state index contributed by atoms with van der Waals surface area (Å²) in [5.74, 6) is 1.76. The predicted molar refractivity (Wildman–Crippen MR) is 107 cm³/mol. The van der Waals surface area contributed by atoms with Crippen LogP contribution in [0.5, 0.6) is 11.5 Å². The van der Waals surface area contributed by atoms with Gasteiger partial charge in [-0.05, 0) is 34.7 Å². The fourth-order valence-electron chi connectivity index (χ4n) is 5.86. The first-order valence-corrected chi connectivity index (χ1v) is 12.8. The highest BCUT2D eigenvalue weighted by Gasteiger charge is 2.80. The molecule has 1 saturated carbocycles. The van der Waals surface area contributed by atoms with Crippen molar-refractivity contribution in [3.05, 3.63) is 59.2 Å². The topological polar surface area (TPSA) is 38.7 Å². The minimum atomic E-state index is -1.48. The Morgan fingerprint density at radius 1 is 0.923 bits per heavy atom. The van der Waals surface area contributed by atoms with E-state index in [2.05, 4.69) is 44.8 Å². The summed E-state index contributed by atoms with van der Waals surface area (Å²) < 4.78 is 11.4. The van der Waals surface area contributed by atoms with Gasteiger partial charge in [0.25, 0.3) is 0 Å². The highest BCUT2D eigenvalue weighted by atomic mass is 28.3. The third kappa shape index (κ3) is 1.92. The lowest BCUT2D eigenvalue weighted by atomic mass is 9.76. The second kappa shape index (κ2) is 5.36. The fourth-order valence-corrected chi connectivity index (χ4v) is 9.48. The van der Waals surface area contributed by atoms with Gasteiger partial charge in [-0.15, -0.1) is 0 Å². The molecule has 1 fully saturated rings. The smallest absolute Gasteiger partial charge is 0.129 e. The zero-order chi connectivity index (χ0) is 18.9. The first-order valence-electron chi connectivity index (χ1n) is 9.26. The summed E-state index contributed by atoms with van der Waals surface area (Å²) >= 11 is 0. The van der Waals surface area contributed by atoms with Gasteiger partial charge in [0.1, 0.15) is 17.1 Å². The third-order valence-corrected chi connectivity index (χ3v) is 9.50. The van der Waals surface area contributed by atoms with Gasteiger partial charge in [-0.3, -0.25) is 0 Å². The Morgan fingerprint density at radius 2 is 1.50 bits per heavy atom. The molecule has 0 radical (unpaired) electrons. The molecule has 0 unspecified atom stereocenters. The molecule has 0 aliphatic heterocycles. The summed E-state index contributed by atoms with van der Waals surface area (Å²) in [4.78, 5) is 0. The molecule has 2 aliphatic carbocycles. The van der Waals surface area contributed by atoms with Crippen LogP contribution in [0.4, 0.5) is 0 Å². The third-order valence-electron chi connectivity index (χ3n) is 6.70. The van der Waals surface area contributed by atoms with Crippen molar-refractivity contribution in [1.29, 1.82) is 0 Å². The molecule has 0 bridgehead atoms. The summed E-state index contributed by atoms with van der Waals surface area (Å²) in [6.07, 6.45) is 0. The molecule has 0 spiro atoms. The molecule has 1 N–H and O–H groups in total. The van der Waals surface area contributed by atoms with Gasteiger partial charge in [-0.2, -0.15) is 0 Å². The van der Waals surface area contributed by atoms with Crippen molar-refractivity contribution in [3.8, 4) is 11.5 Å². The zero-order valence-corrected chi connectivity index (χ0v) is 17.5. The van der Waals surface area contributed by atoms with E-state index in [1.165, 1.54) is 5.56 Å². The molecule has 2 aromatic carbocycles. The van der Waals surface area contributed by atoms with Crippen molar-refractivity contribution in [3.63, 3.8) is 0 Å². The van der Waals surface area contributed by atoms with Crippen LogP contribution in [0.1, 0.15) is 29.5 Å². The standard InChI is InChI=1S/C22H28O3Si/c1-21-18(20(21)26(4,5)6)14-10-7-8-11-15(14)22(21,23)19-16(24-2)12-9-13-17(19)25-3/h7-13,18,20,23H,1-6H3/t18-,20-,21-,22+/m1/s1. The van der Waals surface area contributed by atoms with Gasteiger partial charge in [-0.1, -0.05) is 56.9 Å². The Kier molecular flexibility index (Phi) is 3.64. The van der Waals surface area contributed by atoms with Gasteiger partial charge in [0.2, 0.25) is 0 Å². The minimum Gasteiger partial charge on any atom is -0.496 e. The number of hydrogen-bond donors (Lipinski definition) is 1. The molecule has 3 nitrogen and oxygen atoms in total. The van der Waals surface area contributed by atoms with Crippen LogP contribution >= 0.6 is 0 Å². The van der Waals surface area contributed by atoms with Crippen LogP contribution in [0.15, 0.2) is 42.5 Å². The van der Waals surface area contributed by atoms with Crippen molar-refractivity contribution < 1.29 is 14.6 Å². The van der Waals surface area contributed by atoms with Crippen molar-refractivity contribution in [2.45, 2.75) is 43.6 Å². The first-order chi connectivity index (χ1) is 12.2. The molecule has 2 aliphatic rings. The molecular weight excluding hydrogens is 340 g/mol. The highest BCUT2D eigenvalue weighted by Crippen LogP contribution is 2.85. The Bertz CT molecular complexity index is 850. The molecule has 26 heavy (non-hydrogen) atoms. The number of rotatable bonds is 4. The average Bonchev–Trinajstić information content (AvgIpc) is 3.23. The second-order valence-electron chi connectivity index (χ2n) is 8.94. The molecule has 138 valence electrons. The molecule has 4 heteroatoms. The van der Waals surface area contributed by atoms with Gasteiger partial charge in [0, 0.05) is 13.5 Å². The summed E-state index contributed by atoms with van der Waals surface area (Å²) in [6, 6.07) is 14.1. The van der Waals surface area contributed by atoms with Gasteiger partial charge in [0.15, 0.2) is 0 Å². The molecular formula is C22H28O3Si. The van der Waals surface area contributed by atoms with Gasteiger partial charge < -0.3 is 14.6 Å². The maximum absolute atomic E-state index is 12.4. The Hall–Kier alpha value is -1.78. The largest absolute Gasteiger partial charge is 0.496 e. The molecule has 2 aromatic rings. The second-order valence-corrected chi connectivity index (χ2v) is 14.3. The van der Waals surface area contributed by atoms with E-state index in [1.54, 1.807) is 14.2 Å². The van der Waals surface area contributed by atoms with Crippen LogP contribution in [-0.2, 0) is 5.60 Å². The Labute approximate surface area is 157 Å². The molecule has 0 aromatic heterocycles. The van der Waals surface area contributed by atoms with Gasteiger partial charge in [0.05, 0.1) is 19.8 Å².